The van der Waals surface area contributed by atoms with Gasteiger partial charge in [0.05, 0.1) is 11.9 Å². The van der Waals surface area contributed by atoms with Gasteiger partial charge in [0.2, 0.25) is 5.91 Å². The van der Waals surface area contributed by atoms with Crippen LogP contribution in [-0.4, -0.2) is 40.1 Å². The summed E-state index contributed by atoms with van der Waals surface area (Å²) < 4.78 is 5.45. The SMILES string of the molecule is CC(C)(C)OC(=O)N1CCCC[C@@H]1C(=O)Nc1ccc(C2CC2)nc1. The molecule has 1 saturated heterocycles. The van der Waals surface area contributed by atoms with Crippen molar-refractivity contribution in [2.45, 2.75) is 70.4 Å². The molecule has 0 spiro atoms. The molecular weight excluding hydrogens is 318 g/mol. The number of carbonyl (C=O) groups is 2. The van der Waals surface area contributed by atoms with Crippen molar-refractivity contribution in [2.24, 2.45) is 0 Å². The molecule has 1 N–H and O–H groups in total. The number of hydrogen-bond donors (Lipinski definition) is 1. The Bertz CT molecular complexity index is 632. The minimum Gasteiger partial charge on any atom is -0.444 e. The van der Waals surface area contributed by atoms with Crippen molar-refractivity contribution in [3.05, 3.63) is 24.0 Å². The third kappa shape index (κ3) is 4.71. The fraction of sp³-hybridized carbons (Fsp3) is 0.632. The van der Waals surface area contributed by atoms with Crippen LogP contribution >= 0.6 is 0 Å². The van der Waals surface area contributed by atoms with E-state index in [9.17, 15) is 9.59 Å². The highest BCUT2D eigenvalue weighted by Crippen LogP contribution is 2.38. The summed E-state index contributed by atoms with van der Waals surface area (Å²) in [5, 5.41) is 2.89. The summed E-state index contributed by atoms with van der Waals surface area (Å²) >= 11 is 0. The lowest BCUT2D eigenvalue weighted by Crippen LogP contribution is -2.51. The quantitative estimate of drug-likeness (QED) is 0.907. The lowest BCUT2D eigenvalue weighted by atomic mass is 10.0. The summed E-state index contributed by atoms with van der Waals surface area (Å²) in [5.41, 5.74) is 1.19. The predicted molar refractivity (Wildman–Crippen MR) is 95.4 cm³/mol. The van der Waals surface area contributed by atoms with Gasteiger partial charge in [0.1, 0.15) is 11.6 Å². The smallest absolute Gasteiger partial charge is 0.410 e. The number of nitrogens with one attached hydrogen (secondary N) is 1. The summed E-state index contributed by atoms with van der Waals surface area (Å²) in [4.78, 5) is 31.1. The summed E-state index contributed by atoms with van der Waals surface area (Å²) in [5.74, 6) is 0.414. The zero-order valence-corrected chi connectivity index (χ0v) is 15.2. The monoisotopic (exact) mass is 345 g/mol. The van der Waals surface area contributed by atoms with E-state index in [2.05, 4.69) is 10.3 Å². The van der Waals surface area contributed by atoms with Crippen molar-refractivity contribution in [3.8, 4) is 0 Å². The summed E-state index contributed by atoms with van der Waals surface area (Å²) in [6, 6.07) is 3.37. The number of carbonyl (C=O) groups excluding carboxylic acids is 2. The van der Waals surface area contributed by atoms with Crippen molar-refractivity contribution in [1.29, 1.82) is 0 Å². The van der Waals surface area contributed by atoms with E-state index in [1.807, 2.05) is 32.9 Å². The van der Waals surface area contributed by atoms with Crippen LogP contribution in [0.3, 0.4) is 0 Å². The molecule has 0 aromatic carbocycles. The molecule has 2 fully saturated rings. The predicted octanol–water partition coefficient (Wildman–Crippen LogP) is 3.69. The van der Waals surface area contributed by atoms with Gasteiger partial charge in [-0.1, -0.05) is 0 Å². The second kappa shape index (κ2) is 7.02. The van der Waals surface area contributed by atoms with Gasteiger partial charge in [0, 0.05) is 18.2 Å². The fourth-order valence-electron chi connectivity index (χ4n) is 3.07. The molecule has 25 heavy (non-hydrogen) atoms. The highest BCUT2D eigenvalue weighted by Gasteiger charge is 2.35. The number of hydrogen-bond acceptors (Lipinski definition) is 4. The Balaban J connectivity index is 1.64. The first-order valence-corrected chi connectivity index (χ1v) is 9.10. The average molecular weight is 345 g/mol. The number of ether oxygens (including phenoxy) is 1. The average Bonchev–Trinajstić information content (AvgIpc) is 3.39. The van der Waals surface area contributed by atoms with Gasteiger partial charge in [-0.2, -0.15) is 0 Å². The van der Waals surface area contributed by atoms with Crippen molar-refractivity contribution in [3.63, 3.8) is 0 Å². The fourth-order valence-corrected chi connectivity index (χ4v) is 3.07. The second-order valence-electron chi connectivity index (χ2n) is 7.92. The molecule has 1 atom stereocenters. The van der Waals surface area contributed by atoms with Gasteiger partial charge >= 0.3 is 6.09 Å². The number of amides is 2. The van der Waals surface area contributed by atoms with E-state index in [-0.39, 0.29) is 5.91 Å². The molecule has 0 bridgehead atoms. The molecule has 0 unspecified atom stereocenters. The van der Waals surface area contributed by atoms with E-state index in [4.69, 9.17) is 4.74 Å². The third-order valence-electron chi connectivity index (χ3n) is 4.48. The lowest BCUT2D eigenvalue weighted by molar-refractivity contribution is -0.122. The minimum absolute atomic E-state index is 0.175. The highest BCUT2D eigenvalue weighted by atomic mass is 16.6. The molecule has 0 radical (unpaired) electrons. The number of aromatic nitrogens is 1. The van der Waals surface area contributed by atoms with Gasteiger partial charge in [-0.25, -0.2) is 4.79 Å². The van der Waals surface area contributed by atoms with Gasteiger partial charge in [-0.05, 0) is 65.0 Å². The standard InChI is InChI=1S/C19H27N3O3/c1-19(2,3)25-18(24)22-11-5-4-6-16(22)17(23)21-14-9-10-15(20-12-14)13-7-8-13/h9-10,12-13,16H,4-8,11H2,1-3H3,(H,21,23)/t16-/m1/s1. The van der Waals surface area contributed by atoms with Crippen LogP contribution in [0.15, 0.2) is 18.3 Å². The molecule has 2 heterocycles. The molecule has 3 rings (SSSR count). The van der Waals surface area contributed by atoms with Gasteiger partial charge in [-0.3, -0.25) is 14.7 Å². The largest absolute Gasteiger partial charge is 0.444 e. The van der Waals surface area contributed by atoms with Crippen LogP contribution in [0, 0.1) is 0 Å². The maximum absolute atomic E-state index is 12.7. The first-order valence-electron chi connectivity index (χ1n) is 9.10. The number of nitrogens with zero attached hydrogens (tertiary/aromatic N) is 2. The minimum atomic E-state index is -0.571. The van der Waals surface area contributed by atoms with Crippen LogP contribution in [0.4, 0.5) is 10.5 Å². The van der Waals surface area contributed by atoms with E-state index in [0.29, 0.717) is 24.6 Å². The van der Waals surface area contributed by atoms with Gasteiger partial charge in [0.25, 0.3) is 0 Å². The molecule has 6 heteroatoms. The van der Waals surface area contributed by atoms with Crippen LogP contribution in [-0.2, 0) is 9.53 Å². The van der Waals surface area contributed by atoms with Gasteiger partial charge in [0.15, 0.2) is 0 Å². The van der Waals surface area contributed by atoms with Crippen molar-refractivity contribution < 1.29 is 14.3 Å². The van der Waals surface area contributed by atoms with E-state index in [1.54, 1.807) is 11.1 Å². The van der Waals surface area contributed by atoms with Crippen molar-refractivity contribution in [1.82, 2.24) is 9.88 Å². The number of anilines is 1. The molecule has 2 amide bonds. The van der Waals surface area contributed by atoms with E-state index in [1.165, 1.54) is 12.8 Å². The lowest BCUT2D eigenvalue weighted by Gasteiger charge is -2.35. The number of piperidine rings is 1. The molecule has 1 saturated carbocycles. The first-order chi connectivity index (χ1) is 11.8. The summed E-state index contributed by atoms with van der Waals surface area (Å²) in [6.07, 6.45) is 6.15. The topological polar surface area (TPSA) is 71.5 Å². The van der Waals surface area contributed by atoms with Crippen LogP contribution in [0.2, 0.25) is 0 Å². The molecule has 1 aromatic rings. The number of likely N-dealkylation sites (tertiary alicyclic amines) is 1. The number of rotatable bonds is 3. The normalized spacial score (nSPS) is 20.9. The zero-order valence-electron chi connectivity index (χ0n) is 15.2. The Morgan fingerprint density at radius 1 is 1.20 bits per heavy atom. The summed E-state index contributed by atoms with van der Waals surface area (Å²) in [6.45, 7) is 6.04. The molecule has 1 aliphatic heterocycles. The van der Waals surface area contributed by atoms with Gasteiger partial charge < -0.3 is 10.1 Å². The van der Waals surface area contributed by atoms with Gasteiger partial charge in [-0.15, -0.1) is 0 Å². The Morgan fingerprint density at radius 3 is 2.56 bits per heavy atom. The molecule has 1 aliphatic carbocycles. The Morgan fingerprint density at radius 2 is 1.96 bits per heavy atom. The Labute approximate surface area is 148 Å². The second-order valence-corrected chi connectivity index (χ2v) is 7.92. The molecule has 136 valence electrons. The van der Waals surface area contributed by atoms with Crippen molar-refractivity contribution >= 4 is 17.7 Å². The Kier molecular flexibility index (Phi) is 4.97. The maximum Gasteiger partial charge on any atom is 0.410 e. The van der Waals surface area contributed by atoms with Crippen LogP contribution in [0.5, 0.6) is 0 Å². The van der Waals surface area contributed by atoms with E-state index in [0.717, 1.165) is 18.5 Å². The summed E-state index contributed by atoms with van der Waals surface area (Å²) in [7, 11) is 0. The third-order valence-corrected chi connectivity index (χ3v) is 4.48. The number of pyridine rings is 1. The molecular formula is C19H27N3O3. The highest BCUT2D eigenvalue weighted by molar-refractivity contribution is 5.96. The molecule has 6 nitrogen and oxygen atoms in total. The van der Waals surface area contributed by atoms with E-state index >= 15 is 0 Å². The van der Waals surface area contributed by atoms with Crippen LogP contribution in [0.1, 0.15) is 64.5 Å². The maximum atomic E-state index is 12.7. The van der Waals surface area contributed by atoms with Crippen LogP contribution < -0.4 is 5.32 Å². The molecule has 2 aliphatic rings. The zero-order chi connectivity index (χ0) is 18.0. The Hall–Kier alpha value is -2.11. The van der Waals surface area contributed by atoms with Crippen molar-refractivity contribution in [2.75, 3.05) is 11.9 Å². The first kappa shape index (κ1) is 17.7. The molecule has 1 aromatic heterocycles. The van der Waals surface area contributed by atoms with E-state index < -0.39 is 17.7 Å². The van der Waals surface area contributed by atoms with Crippen LogP contribution in [0.25, 0.3) is 0 Å².